The zero-order valence-electron chi connectivity index (χ0n) is 50.8. The van der Waals surface area contributed by atoms with Gasteiger partial charge in [0.2, 0.25) is 0 Å². The van der Waals surface area contributed by atoms with Gasteiger partial charge in [-0.15, -0.1) is 30.6 Å². The van der Waals surface area contributed by atoms with E-state index in [0.717, 1.165) is 84.0 Å². The van der Waals surface area contributed by atoms with Crippen molar-refractivity contribution < 1.29 is 24.1 Å². The molecule has 95 heavy (non-hydrogen) atoms. The number of methoxy groups -OCH3 is 2. The summed E-state index contributed by atoms with van der Waals surface area (Å²) in [4.78, 5) is 2.32. The smallest absolute Gasteiger partial charge is 0.172 e. The number of benzene rings is 6. The number of nitrogens with one attached hydrogen (secondary N) is 12. The number of morpholine rings is 1. The normalized spacial score (nSPS) is 11.4. The van der Waals surface area contributed by atoms with Gasteiger partial charge in [0.15, 0.2) is 34.9 Å². The Hall–Kier alpha value is -10.0. The predicted molar refractivity (Wildman–Crippen MR) is 368 cm³/mol. The quantitative estimate of drug-likeness (QED) is 0.0337. The molecule has 1 aliphatic rings. The predicted octanol–water partition coefficient (Wildman–Crippen LogP) is 13.0. The van der Waals surface area contributed by atoms with E-state index >= 15 is 0 Å². The molecule has 6 aromatic carbocycles. The summed E-state index contributed by atoms with van der Waals surface area (Å²) < 4.78 is 21.5. The number of aliphatic hydroxyl groups excluding tert-OH is 1. The minimum atomic E-state index is -0.0826. The number of halogens is 6. The highest BCUT2D eigenvalue weighted by Gasteiger charge is 2.13. The minimum absolute atomic E-state index is 0.0826. The highest BCUT2D eigenvalue weighted by molar-refractivity contribution is 6.33. The van der Waals surface area contributed by atoms with E-state index in [9.17, 15) is 0 Å². The molecule has 36 heteroatoms. The first kappa shape index (κ1) is 70.8. The molecule has 0 unspecified atom stereocenters. The highest BCUT2D eigenvalue weighted by atomic mass is 35.5. The summed E-state index contributed by atoms with van der Waals surface area (Å²) in [6, 6.07) is 34.6. The summed E-state index contributed by atoms with van der Waals surface area (Å²) in [5, 5.41) is 92.0. The van der Waals surface area contributed by atoms with Gasteiger partial charge in [0, 0.05) is 91.3 Å². The molecule has 12 aromatic rings. The third kappa shape index (κ3) is 24.1. The first-order valence-corrected chi connectivity index (χ1v) is 30.7. The van der Waals surface area contributed by atoms with Crippen molar-refractivity contribution in [2.24, 2.45) is 0 Å². The monoisotopic (exact) mass is 1410 g/mol. The molecule has 1 saturated heterocycles. The van der Waals surface area contributed by atoms with E-state index in [4.69, 9.17) is 93.7 Å². The number of aromatic amines is 6. The maximum absolute atomic E-state index is 9.13. The second-order valence-electron chi connectivity index (χ2n) is 19.1. The Kier molecular flexibility index (Phi) is 28.5. The van der Waals surface area contributed by atoms with E-state index < -0.39 is 0 Å². The van der Waals surface area contributed by atoms with Gasteiger partial charge >= 0.3 is 0 Å². The highest BCUT2D eigenvalue weighted by Crippen LogP contribution is 2.33. The lowest BCUT2D eigenvalue weighted by molar-refractivity contribution is 0.0323. The SMILES string of the molecule is CCc1cc(Nc2cn[nH]n2)ccc1Cl.COc1cc(Cl)ccc1Nc1cn[nH]n1.COc1cc(Nc2cn[nH]n2)ccc1Cl.Clc1ccc(Nc2cn[nH]n2)c(OCCN2CCOCC2)c1.Clc1cccc(Nc2cn[nH]n2)c1.OCc1cc(Cl)ccc1Nc1cn[nH]n1. The molecule has 6 aromatic heterocycles. The van der Waals surface area contributed by atoms with Crippen molar-refractivity contribution in [1.29, 1.82) is 0 Å². The molecule has 1 fully saturated rings. The number of aliphatic hydroxyl groups is 1. The molecule has 13 rings (SSSR count). The number of ether oxygens (including phenoxy) is 4. The summed E-state index contributed by atoms with van der Waals surface area (Å²) in [7, 11) is 3.15. The van der Waals surface area contributed by atoms with Gasteiger partial charge in [-0.25, -0.2) is 0 Å². The summed E-state index contributed by atoms with van der Waals surface area (Å²) in [6.45, 7) is 6.91. The molecule has 1 aliphatic heterocycles. The van der Waals surface area contributed by atoms with E-state index in [1.165, 1.54) is 0 Å². The van der Waals surface area contributed by atoms with Crippen LogP contribution in [0.4, 0.5) is 69.0 Å². The zero-order valence-corrected chi connectivity index (χ0v) is 55.3. The van der Waals surface area contributed by atoms with Crippen LogP contribution in [0, 0.1) is 0 Å². The average molecular weight is 1420 g/mol. The first-order valence-electron chi connectivity index (χ1n) is 28.4. The van der Waals surface area contributed by atoms with Gasteiger partial charge in [-0.1, -0.05) is 82.6 Å². The van der Waals surface area contributed by atoms with Crippen LogP contribution in [-0.4, -0.2) is 156 Å². The molecule has 30 nitrogen and oxygen atoms in total. The fourth-order valence-corrected chi connectivity index (χ4v) is 9.22. The lowest BCUT2D eigenvalue weighted by atomic mass is 10.1. The van der Waals surface area contributed by atoms with E-state index in [1.54, 1.807) is 106 Å². The maximum atomic E-state index is 9.13. The number of aryl methyl sites for hydroxylation is 1. The van der Waals surface area contributed by atoms with Crippen LogP contribution in [0.25, 0.3) is 0 Å². The first-order chi connectivity index (χ1) is 46.3. The summed E-state index contributed by atoms with van der Waals surface area (Å²) in [6.07, 6.45) is 10.4. The van der Waals surface area contributed by atoms with Crippen molar-refractivity contribution in [2.45, 2.75) is 20.0 Å². The molecule has 7 heterocycles. The third-order valence-corrected chi connectivity index (χ3v) is 14.2. The molecule has 0 saturated carbocycles. The lowest BCUT2D eigenvalue weighted by Crippen LogP contribution is -2.38. The fraction of sp³-hybridized carbons (Fsp3) is 0.186. The van der Waals surface area contributed by atoms with E-state index in [2.05, 4.69) is 136 Å². The van der Waals surface area contributed by atoms with Crippen molar-refractivity contribution in [3.05, 3.63) is 194 Å². The van der Waals surface area contributed by atoms with Crippen LogP contribution in [0.15, 0.2) is 152 Å². The molecule has 13 N–H and O–H groups in total. The molecule has 0 aliphatic carbocycles. The maximum Gasteiger partial charge on any atom is 0.172 e. The van der Waals surface area contributed by atoms with Gasteiger partial charge in [0.1, 0.15) is 23.9 Å². The Morgan fingerprint density at radius 1 is 0.442 bits per heavy atom. The van der Waals surface area contributed by atoms with Gasteiger partial charge in [0.25, 0.3) is 0 Å². The molecular formula is C59H63Cl6N25O5. The number of anilines is 12. The van der Waals surface area contributed by atoms with Crippen LogP contribution in [0.2, 0.25) is 30.1 Å². The van der Waals surface area contributed by atoms with Crippen LogP contribution in [0.5, 0.6) is 17.2 Å². The summed E-state index contributed by atoms with van der Waals surface area (Å²) >= 11 is 35.4. The van der Waals surface area contributed by atoms with E-state index in [1.807, 2.05) is 60.7 Å². The molecule has 0 atom stereocenters. The Morgan fingerprint density at radius 2 is 0.863 bits per heavy atom. The molecule has 0 amide bonds. The van der Waals surface area contributed by atoms with Crippen LogP contribution < -0.4 is 46.1 Å². The molecule has 496 valence electrons. The average Bonchev–Trinajstić information content (AvgIpc) is 2.79. The Morgan fingerprint density at radius 3 is 1.33 bits per heavy atom. The number of rotatable bonds is 20. The van der Waals surface area contributed by atoms with Crippen LogP contribution >= 0.6 is 69.6 Å². The van der Waals surface area contributed by atoms with Crippen molar-refractivity contribution in [2.75, 3.05) is 85.6 Å². The van der Waals surface area contributed by atoms with Crippen molar-refractivity contribution >= 4 is 139 Å². The number of hydrogen-bond acceptors (Lipinski definition) is 24. The standard InChI is InChI=1S/C14H18ClN5O2.C10H11ClN4.3C9H9ClN4O.C8H7ClN4/c15-11-1-2-12(17-14-10-16-19-18-14)13(9-11)22-8-5-20-3-6-21-7-4-20;1-2-7-5-8(3-4-9(7)11)13-10-6-12-15-14-10;1-15-8-4-6(2-3-7(8)10)12-9-5-11-14-13-9;1-15-8-4-6(10)2-3-7(8)12-9-5-11-14-13-9;10-7-1-2-8(6(3-7)5-15)12-9-4-11-14-13-9;9-6-2-1-3-7(4-6)11-8-5-10-13-12-8/h1-2,9-10H,3-8H2,(H2,16,17,18,19);3-6H,2H2,1H3,(H2,12,13,14,15);2*2-5H,1H3,(H2,11,12,13,14);1-4,15H,5H2,(H2,11,12,13,14);1-5H,(H2,10,11,12,13). The second kappa shape index (κ2) is 38.2. The van der Waals surface area contributed by atoms with Gasteiger partial charge in [-0.3, -0.25) is 4.90 Å². The molecule has 0 radical (unpaired) electrons. The molecule has 0 spiro atoms. The fourth-order valence-electron chi connectivity index (χ4n) is 8.07. The Bertz CT molecular complexity index is 3930. The number of H-pyrrole nitrogens is 6. The van der Waals surface area contributed by atoms with Crippen molar-refractivity contribution in [1.82, 2.24) is 97.4 Å². The Balaban J connectivity index is 0.000000147. The summed E-state index contributed by atoms with van der Waals surface area (Å²) in [5.74, 6) is 5.81. The van der Waals surface area contributed by atoms with Crippen LogP contribution in [0.3, 0.4) is 0 Å². The van der Waals surface area contributed by atoms with Gasteiger partial charge in [0.05, 0.1) is 87.6 Å². The topological polar surface area (TPSA) is 382 Å². The largest absolute Gasteiger partial charge is 0.495 e. The van der Waals surface area contributed by atoms with Crippen LogP contribution in [-0.2, 0) is 17.8 Å². The minimum Gasteiger partial charge on any atom is -0.495 e. The van der Waals surface area contributed by atoms with Crippen molar-refractivity contribution in [3.8, 4) is 17.2 Å². The van der Waals surface area contributed by atoms with Gasteiger partial charge in [-0.2, -0.15) is 61.9 Å². The van der Waals surface area contributed by atoms with Gasteiger partial charge < -0.3 is 56.0 Å². The zero-order chi connectivity index (χ0) is 67.0. The number of hydrogen-bond donors (Lipinski definition) is 13. The van der Waals surface area contributed by atoms with Crippen LogP contribution in [0.1, 0.15) is 18.1 Å². The number of aromatic nitrogens is 18. The number of nitrogens with zero attached hydrogens (tertiary/aromatic N) is 13. The summed E-state index contributed by atoms with van der Waals surface area (Å²) in [5.41, 5.74) is 6.87. The van der Waals surface area contributed by atoms with E-state index in [0.29, 0.717) is 89.4 Å². The van der Waals surface area contributed by atoms with Crippen molar-refractivity contribution in [3.63, 3.8) is 0 Å². The Labute approximate surface area is 573 Å². The second-order valence-corrected chi connectivity index (χ2v) is 21.7. The van der Waals surface area contributed by atoms with E-state index in [-0.39, 0.29) is 6.61 Å². The molecular weight excluding hydrogens is 1350 g/mol. The lowest BCUT2D eigenvalue weighted by Gasteiger charge is -2.26. The third-order valence-electron chi connectivity index (χ3n) is 12.6. The molecule has 0 bridgehead atoms. The van der Waals surface area contributed by atoms with Gasteiger partial charge in [-0.05, 0) is 103 Å².